The van der Waals surface area contributed by atoms with Gasteiger partial charge in [0.1, 0.15) is 11.6 Å². The minimum atomic E-state index is 0.792. The SMILES string of the molecule is Cc1nc(-c2cccnc2)cc(N2CCc3ccccc3C2)n1. The average molecular weight is 302 g/mol. The molecule has 4 nitrogen and oxygen atoms in total. The van der Waals surface area contributed by atoms with Crippen LogP contribution in [-0.2, 0) is 13.0 Å². The van der Waals surface area contributed by atoms with Crippen LogP contribution in [0, 0.1) is 6.92 Å². The molecule has 4 heteroatoms. The normalized spacial score (nSPS) is 13.7. The third kappa shape index (κ3) is 2.80. The molecule has 0 N–H and O–H groups in total. The minimum Gasteiger partial charge on any atom is -0.352 e. The highest BCUT2D eigenvalue weighted by Crippen LogP contribution is 2.26. The van der Waals surface area contributed by atoms with Crippen molar-refractivity contribution < 1.29 is 0 Å². The lowest BCUT2D eigenvalue weighted by Gasteiger charge is -2.30. The van der Waals surface area contributed by atoms with E-state index in [1.165, 1.54) is 11.1 Å². The second kappa shape index (κ2) is 5.80. The van der Waals surface area contributed by atoms with E-state index in [-0.39, 0.29) is 0 Å². The summed E-state index contributed by atoms with van der Waals surface area (Å²) in [6.45, 7) is 3.83. The molecule has 0 aliphatic carbocycles. The van der Waals surface area contributed by atoms with Gasteiger partial charge in [0, 0.05) is 37.1 Å². The molecule has 1 aromatic carbocycles. The molecule has 4 rings (SSSR count). The third-order valence-corrected chi connectivity index (χ3v) is 4.24. The monoisotopic (exact) mass is 302 g/mol. The summed E-state index contributed by atoms with van der Waals surface area (Å²) in [5.41, 5.74) is 4.79. The van der Waals surface area contributed by atoms with Crippen molar-refractivity contribution in [1.82, 2.24) is 15.0 Å². The quantitative estimate of drug-likeness (QED) is 0.727. The lowest BCUT2D eigenvalue weighted by atomic mass is 10.00. The van der Waals surface area contributed by atoms with Crippen molar-refractivity contribution in [2.24, 2.45) is 0 Å². The minimum absolute atomic E-state index is 0.792. The Bertz CT molecular complexity index is 830. The maximum atomic E-state index is 4.65. The van der Waals surface area contributed by atoms with E-state index in [0.29, 0.717) is 0 Å². The molecule has 0 fully saturated rings. The van der Waals surface area contributed by atoms with Crippen LogP contribution in [0.5, 0.6) is 0 Å². The van der Waals surface area contributed by atoms with Crippen LogP contribution in [-0.4, -0.2) is 21.5 Å². The Labute approximate surface area is 135 Å². The number of benzene rings is 1. The van der Waals surface area contributed by atoms with Gasteiger partial charge in [-0.1, -0.05) is 24.3 Å². The van der Waals surface area contributed by atoms with Crippen LogP contribution in [0.25, 0.3) is 11.3 Å². The highest BCUT2D eigenvalue weighted by Gasteiger charge is 2.18. The van der Waals surface area contributed by atoms with Gasteiger partial charge in [-0.3, -0.25) is 4.98 Å². The predicted molar refractivity (Wildman–Crippen MR) is 91.2 cm³/mol. The number of hydrogen-bond donors (Lipinski definition) is 0. The van der Waals surface area contributed by atoms with Gasteiger partial charge >= 0.3 is 0 Å². The molecule has 0 saturated heterocycles. The van der Waals surface area contributed by atoms with Gasteiger partial charge in [0.15, 0.2) is 0 Å². The second-order valence-corrected chi connectivity index (χ2v) is 5.84. The molecule has 0 atom stereocenters. The van der Waals surface area contributed by atoms with Gasteiger partial charge in [0.05, 0.1) is 5.69 Å². The number of anilines is 1. The van der Waals surface area contributed by atoms with Crippen LogP contribution in [0.2, 0.25) is 0 Å². The molecule has 0 spiro atoms. The lowest BCUT2D eigenvalue weighted by molar-refractivity contribution is 0.717. The maximum absolute atomic E-state index is 4.65. The summed E-state index contributed by atoms with van der Waals surface area (Å²) in [5.74, 6) is 1.78. The van der Waals surface area contributed by atoms with E-state index in [1.54, 1.807) is 6.20 Å². The van der Waals surface area contributed by atoms with Crippen LogP contribution in [0.4, 0.5) is 5.82 Å². The maximum Gasteiger partial charge on any atom is 0.133 e. The zero-order chi connectivity index (χ0) is 15.6. The first-order valence-electron chi connectivity index (χ1n) is 7.87. The van der Waals surface area contributed by atoms with E-state index in [0.717, 1.165) is 42.4 Å². The summed E-state index contributed by atoms with van der Waals surface area (Å²) in [6, 6.07) is 14.7. The van der Waals surface area contributed by atoms with E-state index in [2.05, 4.69) is 50.2 Å². The summed E-state index contributed by atoms with van der Waals surface area (Å²) >= 11 is 0. The third-order valence-electron chi connectivity index (χ3n) is 4.24. The largest absolute Gasteiger partial charge is 0.352 e. The number of nitrogens with zero attached hydrogens (tertiary/aromatic N) is 4. The molecule has 23 heavy (non-hydrogen) atoms. The zero-order valence-electron chi connectivity index (χ0n) is 13.1. The van der Waals surface area contributed by atoms with Crippen LogP contribution in [0.3, 0.4) is 0 Å². The molecule has 3 aromatic rings. The zero-order valence-corrected chi connectivity index (χ0v) is 13.1. The van der Waals surface area contributed by atoms with Gasteiger partial charge in [-0.2, -0.15) is 0 Å². The van der Waals surface area contributed by atoms with Crippen molar-refractivity contribution in [3.63, 3.8) is 0 Å². The molecule has 0 unspecified atom stereocenters. The first-order valence-corrected chi connectivity index (χ1v) is 7.87. The molecule has 114 valence electrons. The molecule has 1 aliphatic heterocycles. The summed E-state index contributed by atoms with van der Waals surface area (Å²) in [5, 5.41) is 0. The van der Waals surface area contributed by atoms with Crippen molar-refractivity contribution in [3.05, 3.63) is 71.8 Å². The van der Waals surface area contributed by atoms with Crippen molar-refractivity contribution in [2.75, 3.05) is 11.4 Å². The Hall–Kier alpha value is -2.75. The average Bonchev–Trinajstić information content (AvgIpc) is 2.61. The predicted octanol–water partition coefficient (Wildman–Crippen LogP) is 3.41. The highest BCUT2D eigenvalue weighted by atomic mass is 15.2. The molecule has 0 amide bonds. The smallest absolute Gasteiger partial charge is 0.133 e. The first-order chi connectivity index (χ1) is 11.3. The number of rotatable bonds is 2. The van der Waals surface area contributed by atoms with E-state index < -0.39 is 0 Å². The van der Waals surface area contributed by atoms with Crippen LogP contribution >= 0.6 is 0 Å². The van der Waals surface area contributed by atoms with Crippen molar-refractivity contribution in [1.29, 1.82) is 0 Å². The Balaban J connectivity index is 1.69. The van der Waals surface area contributed by atoms with Gasteiger partial charge in [-0.05, 0) is 36.6 Å². The second-order valence-electron chi connectivity index (χ2n) is 5.84. The molecule has 3 heterocycles. The van der Waals surface area contributed by atoms with Crippen molar-refractivity contribution in [2.45, 2.75) is 19.9 Å². The van der Waals surface area contributed by atoms with E-state index >= 15 is 0 Å². The Kier molecular flexibility index (Phi) is 3.50. The van der Waals surface area contributed by atoms with Gasteiger partial charge in [-0.25, -0.2) is 9.97 Å². The van der Waals surface area contributed by atoms with E-state index in [4.69, 9.17) is 0 Å². The number of aromatic nitrogens is 3. The summed E-state index contributed by atoms with van der Waals surface area (Å²) < 4.78 is 0. The van der Waals surface area contributed by atoms with Gasteiger partial charge in [-0.15, -0.1) is 0 Å². The van der Waals surface area contributed by atoms with E-state index in [1.807, 2.05) is 25.3 Å². The van der Waals surface area contributed by atoms with Crippen molar-refractivity contribution in [3.8, 4) is 11.3 Å². The molecule has 0 saturated carbocycles. The molecular weight excluding hydrogens is 284 g/mol. The van der Waals surface area contributed by atoms with Gasteiger partial charge < -0.3 is 4.90 Å². The Morgan fingerprint density at radius 3 is 2.70 bits per heavy atom. The standard InChI is InChI=1S/C19H18N4/c1-14-21-18(16-7-4-9-20-12-16)11-19(22-14)23-10-8-15-5-2-3-6-17(15)13-23/h2-7,9,11-12H,8,10,13H2,1H3. The van der Waals surface area contributed by atoms with Crippen LogP contribution in [0.15, 0.2) is 54.9 Å². The Morgan fingerprint density at radius 2 is 1.87 bits per heavy atom. The number of pyridine rings is 1. The van der Waals surface area contributed by atoms with Gasteiger partial charge in [0.2, 0.25) is 0 Å². The fourth-order valence-corrected chi connectivity index (χ4v) is 3.07. The lowest BCUT2D eigenvalue weighted by Crippen LogP contribution is -2.31. The summed E-state index contributed by atoms with van der Waals surface area (Å²) in [4.78, 5) is 15.7. The molecular formula is C19H18N4. The summed E-state index contributed by atoms with van der Waals surface area (Å²) in [7, 11) is 0. The number of aryl methyl sites for hydroxylation is 1. The topological polar surface area (TPSA) is 41.9 Å². The number of fused-ring (bicyclic) bond motifs is 1. The van der Waals surface area contributed by atoms with Crippen molar-refractivity contribution >= 4 is 5.82 Å². The first kappa shape index (κ1) is 13.9. The highest BCUT2D eigenvalue weighted by molar-refractivity contribution is 5.62. The molecule has 2 aromatic heterocycles. The molecule has 0 bridgehead atoms. The summed E-state index contributed by atoms with van der Waals surface area (Å²) in [6.07, 6.45) is 4.68. The van der Waals surface area contributed by atoms with Gasteiger partial charge in [0.25, 0.3) is 0 Å². The van der Waals surface area contributed by atoms with Crippen LogP contribution < -0.4 is 4.90 Å². The fourth-order valence-electron chi connectivity index (χ4n) is 3.07. The molecule has 1 aliphatic rings. The number of hydrogen-bond acceptors (Lipinski definition) is 4. The van der Waals surface area contributed by atoms with Crippen LogP contribution in [0.1, 0.15) is 17.0 Å². The molecule has 0 radical (unpaired) electrons. The van der Waals surface area contributed by atoms with E-state index in [9.17, 15) is 0 Å². The fraction of sp³-hybridized carbons (Fsp3) is 0.211. The Morgan fingerprint density at radius 1 is 1.00 bits per heavy atom.